The van der Waals surface area contributed by atoms with Crippen LogP contribution in [0.25, 0.3) is 0 Å². The van der Waals surface area contributed by atoms with Gasteiger partial charge in [0.25, 0.3) is 5.69 Å². The molecule has 0 saturated carbocycles. The normalized spacial score (nSPS) is 10.4. The molecule has 1 aromatic heterocycles. The lowest BCUT2D eigenvalue weighted by molar-refractivity contribution is -0.387. The van der Waals surface area contributed by atoms with Crippen LogP contribution >= 0.6 is 11.8 Å². The number of nitro benzene ring substituents is 1. The van der Waals surface area contributed by atoms with Gasteiger partial charge in [-0.3, -0.25) is 10.1 Å². The molecule has 0 atom stereocenters. The molecule has 0 amide bonds. The number of rotatable bonds is 4. The van der Waals surface area contributed by atoms with Crippen molar-refractivity contribution in [1.29, 1.82) is 0 Å². The first-order valence-electron chi connectivity index (χ1n) is 5.88. The van der Waals surface area contributed by atoms with E-state index in [4.69, 9.17) is 5.11 Å². The quantitative estimate of drug-likeness (QED) is 0.525. The number of carboxylic acid groups (broad SMARTS) is 1. The molecule has 0 aliphatic carbocycles. The minimum Gasteiger partial charge on any atom is -0.478 e. The molecule has 21 heavy (non-hydrogen) atoms. The van der Waals surface area contributed by atoms with Gasteiger partial charge in [-0.15, -0.1) is 0 Å². The van der Waals surface area contributed by atoms with Crippen molar-refractivity contribution in [2.75, 3.05) is 0 Å². The van der Waals surface area contributed by atoms with Crippen LogP contribution in [0, 0.1) is 24.0 Å². The van der Waals surface area contributed by atoms with Crippen LogP contribution in [0.1, 0.15) is 21.7 Å². The van der Waals surface area contributed by atoms with Gasteiger partial charge in [0.05, 0.1) is 15.4 Å². The topological polar surface area (TPSA) is 106 Å². The van der Waals surface area contributed by atoms with Gasteiger partial charge in [0.1, 0.15) is 0 Å². The molecule has 2 aromatic rings. The lowest BCUT2D eigenvalue weighted by atomic mass is 10.2. The zero-order valence-electron chi connectivity index (χ0n) is 11.2. The van der Waals surface area contributed by atoms with E-state index in [-0.39, 0.29) is 11.3 Å². The standard InChI is InChI=1S/C13H11N3O4S/c1-7-5-8(2)15-13(14-7)21-11-4-3-9(12(17)18)6-10(11)16(19)20/h3-6H,1-2H3,(H,17,18). The molecule has 1 aromatic carbocycles. The Balaban J connectivity index is 2.43. The molecule has 108 valence electrons. The number of aromatic nitrogens is 2. The Labute approximate surface area is 124 Å². The van der Waals surface area contributed by atoms with Gasteiger partial charge < -0.3 is 5.11 Å². The van der Waals surface area contributed by atoms with Crippen LogP contribution in [-0.4, -0.2) is 26.0 Å². The number of benzene rings is 1. The van der Waals surface area contributed by atoms with E-state index in [2.05, 4.69) is 9.97 Å². The number of aromatic carboxylic acids is 1. The van der Waals surface area contributed by atoms with E-state index in [1.807, 2.05) is 0 Å². The molecule has 0 aliphatic heterocycles. The molecular formula is C13H11N3O4S. The van der Waals surface area contributed by atoms with Gasteiger partial charge >= 0.3 is 5.97 Å². The van der Waals surface area contributed by atoms with E-state index in [9.17, 15) is 14.9 Å². The average Bonchev–Trinajstić information content (AvgIpc) is 2.37. The number of hydrogen-bond donors (Lipinski definition) is 1. The lowest BCUT2D eigenvalue weighted by Crippen LogP contribution is -2.00. The molecule has 1 N–H and O–H groups in total. The predicted octanol–water partition coefficient (Wildman–Crippen LogP) is 2.85. The summed E-state index contributed by atoms with van der Waals surface area (Å²) in [6.45, 7) is 3.61. The minimum atomic E-state index is -1.21. The molecular weight excluding hydrogens is 294 g/mol. The molecule has 0 fully saturated rings. The summed E-state index contributed by atoms with van der Waals surface area (Å²) in [6.07, 6.45) is 0. The van der Waals surface area contributed by atoms with Crippen molar-refractivity contribution in [1.82, 2.24) is 9.97 Å². The van der Waals surface area contributed by atoms with Crippen molar-refractivity contribution >= 4 is 23.4 Å². The van der Waals surface area contributed by atoms with E-state index in [0.29, 0.717) is 10.1 Å². The van der Waals surface area contributed by atoms with Crippen LogP contribution in [0.5, 0.6) is 0 Å². The summed E-state index contributed by atoms with van der Waals surface area (Å²) < 4.78 is 0. The predicted molar refractivity (Wildman–Crippen MR) is 75.7 cm³/mol. The number of nitro groups is 1. The van der Waals surface area contributed by atoms with Crippen molar-refractivity contribution in [2.45, 2.75) is 23.9 Å². The maximum Gasteiger partial charge on any atom is 0.335 e. The smallest absolute Gasteiger partial charge is 0.335 e. The molecule has 7 nitrogen and oxygen atoms in total. The van der Waals surface area contributed by atoms with Gasteiger partial charge in [-0.2, -0.15) is 0 Å². The van der Waals surface area contributed by atoms with Gasteiger partial charge in [0.2, 0.25) is 0 Å². The van der Waals surface area contributed by atoms with Gasteiger partial charge in [-0.25, -0.2) is 14.8 Å². The third kappa shape index (κ3) is 3.54. The highest BCUT2D eigenvalue weighted by Gasteiger charge is 2.19. The van der Waals surface area contributed by atoms with Gasteiger partial charge in [-0.1, -0.05) is 0 Å². The van der Waals surface area contributed by atoms with Crippen molar-refractivity contribution in [3.05, 3.63) is 51.3 Å². The number of nitrogens with zero attached hydrogens (tertiary/aromatic N) is 3. The molecule has 2 rings (SSSR count). The fourth-order valence-corrected chi connectivity index (χ4v) is 2.67. The SMILES string of the molecule is Cc1cc(C)nc(Sc2ccc(C(=O)O)cc2[N+](=O)[O-])n1. The molecule has 0 saturated heterocycles. The second-order valence-electron chi connectivity index (χ2n) is 4.28. The van der Waals surface area contributed by atoms with Crippen LogP contribution in [0.3, 0.4) is 0 Å². The van der Waals surface area contributed by atoms with E-state index < -0.39 is 10.9 Å². The molecule has 8 heteroatoms. The zero-order valence-corrected chi connectivity index (χ0v) is 12.0. The first-order valence-corrected chi connectivity index (χ1v) is 6.70. The highest BCUT2D eigenvalue weighted by atomic mass is 32.2. The summed E-state index contributed by atoms with van der Waals surface area (Å²) in [7, 11) is 0. The molecule has 1 heterocycles. The van der Waals surface area contributed by atoms with Crippen molar-refractivity contribution in [2.24, 2.45) is 0 Å². The number of carboxylic acids is 1. The van der Waals surface area contributed by atoms with Gasteiger partial charge in [0, 0.05) is 17.5 Å². The van der Waals surface area contributed by atoms with Crippen molar-refractivity contribution in [3.63, 3.8) is 0 Å². The molecule has 0 spiro atoms. The summed E-state index contributed by atoms with van der Waals surface area (Å²) in [5.41, 5.74) is 1.11. The first-order chi connectivity index (χ1) is 9.86. The summed E-state index contributed by atoms with van der Waals surface area (Å²) in [4.78, 5) is 30.0. The van der Waals surface area contributed by atoms with Gasteiger partial charge in [-0.05, 0) is 43.8 Å². The molecule has 0 aliphatic rings. The Kier molecular flexibility index (Phi) is 4.18. The van der Waals surface area contributed by atoms with Gasteiger partial charge in [0.15, 0.2) is 5.16 Å². The van der Waals surface area contributed by atoms with Crippen LogP contribution in [0.15, 0.2) is 34.3 Å². The third-order valence-electron chi connectivity index (χ3n) is 2.57. The van der Waals surface area contributed by atoms with E-state index in [0.717, 1.165) is 29.2 Å². The maximum absolute atomic E-state index is 11.1. The zero-order chi connectivity index (χ0) is 15.6. The number of hydrogen-bond acceptors (Lipinski definition) is 6. The first kappa shape index (κ1) is 14.9. The Hall–Kier alpha value is -2.48. The largest absolute Gasteiger partial charge is 0.478 e. The Morgan fingerprint density at radius 2 is 1.86 bits per heavy atom. The second-order valence-corrected chi connectivity index (χ2v) is 5.29. The molecule has 0 unspecified atom stereocenters. The van der Waals surface area contributed by atoms with E-state index in [1.54, 1.807) is 19.9 Å². The van der Waals surface area contributed by atoms with Crippen molar-refractivity contribution in [3.8, 4) is 0 Å². The lowest BCUT2D eigenvalue weighted by Gasteiger charge is -2.04. The minimum absolute atomic E-state index is 0.132. The Bertz CT molecular complexity index is 713. The molecule has 0 bridgehead atoms. The fourth-order valence-electron chi connectivity index (χ4n) is 1.72. The monoisotopic (exact) mass is 305 g/mol. The van der Waals surface area contributed by atoms with Crippen LogP contribution in [-0.2, 0) is 0 Å². The fraction of sp³-hybridized carbons (Fsp3) is 0.154. The number of aryl methyl sites for hydroxylation is 2. The Morgan fingerprint density at radius 1 is 1.24 bits per heavy atom. The van der Waals surface area contributed by atoms with E-state index in [1.165, 1.54) is 12.1 Å². The Morgan fingerprint density at radius 3 is 2.38 bits per heavy atom. The van der Waals surface area contributed by atoms with Crippen molar-refractivity contribution < 1.29 is 14.8 Å². The second kappa shape index (κ2) is 5.88. The average molecular weight is 305 g/mol. The highest BCUT2D eigenvalue weighted by Crippen LogP contribution is 2.33. The summed E-state index contributed by atoms with van der Waals surface area (Å²) in [5, 5.41) is 20.4. The summed E-state index contributed by atoms with van der Waals surface area (Å²) >= 11 is 1.03. The van der Waals surface area contributed by atoms with E-state index >= 15 is 0 Å². The maximum atomic E-state index is 11.1. The van der Waals surface area contributed by atoms with Crippen LogP contribution in [0.2, 0.25) is 0 Å². The van der Waals surface area contributed by atoms with Crippen LogP contribution < -0.4 is 0 Å². The van der Waals surface area contributed by atoms with Crippen LogP contribution in [0.4, 0.5) is 5.69 Å². The molecule has 0 radical (unpaired) electrons. The third-order valence-corrected chi connectivity index (χ3v) is 3.50. The summed E-state index contributed by atoms with van der Waals surface area (Å²) in [5.74, 6) is -1.21. The highest BCUT2D eigenvalue weighted by molar-refractivity contribution is 7.99. The number of carbonyl (C=O) groups is 1. The summed E-state index contributed by atoms with van der Waals surface area (Å²) in [6, 6.07) is 5.55.